The van der Waals surface area contributed by atoms with E-state index < -0.39 is 7.12 Å². The molecule has 16 aromatic rings. The maximum Gasteiger partial charge on any atom is 0.494 e. The molecule has 0 bridgehead atoms. The fraction of sp³-hybridized carbons (Fsp3) is 0.118. The molecule has 4 nitrogen and oxygen atoms in total. The number of hydrogen-bond donors (Lipinski definition) is 0. The third kappa shape index (κ3) is 12.1. The van der Waals surface area contributed by atoms with Crippen LogP contribution in [0.5, 0.6) is 0 Å². The van der Waals surface area contributed by atoms with Gasteiger partial charge in [-0.3, -0.25) is 0 Å². The van der Waals surface area contributed by atoms with Crippen molar-refractivity contribution in [2.75, 3.05) is 0 Å². The van der Waals surface area contributed by atoms with Gasteiger partial charge in [-0.1, -0.05) is 312 Å². The second-order valence-electron chi connectivity index (χ2n) is 30.8. The maximum absolute atomic E-state index is 9.52. The van der Waals surface area contributed by atoms with Crippen molar-refractivity contribution < 1.29 is 9.31 Å². The van der Waals surface area contributed by atoms with Gasteiger partial charge in [-0.2, -0.15) is 10.5 Å². The molecule has 3 aliphatic rings. The van der Waals surface area contributed by atoms with Crippen LogP contribution in [-0.4, -0.2) is 18.3 Å². The molecule has 0 amide bonds. The lowest BCUT2D eigenvalue weighted by molar-refractivity contribution is 0.00578. The molecule has 1 aliphatic heterocycles. The zero-order chi connectivity index (χ0) is 74.2. The molecule has 0 N–H and O–H groups in total. The van der Waals surface area contributed by atoms with E-state index in [1.165, 1.54) is 160 Å². The third-order valence-corrected chi connectivity index (χ3v) is 23.4. The molecule has 16 aromatic carbocycles. The summed E-state index contributed by atoms with van der Waals surface area (Å²) in [5.41, 5.74) is 28.5. The van der Waals surface area contributed by atoms with E-state index in [1.807, 2.05) is 42.5 Å². The van der Waals surface area contributed by atoms with Crippen molar-refractivity contribution in [3.63, 3.8) is 0 Å². The lowest BCUT2D eigenvalue weighted by atomic mass is 9.76. The highest BCUT2D eigenvalue weighted by Crippen LogP contribution is 2.53. The predicted octanol–water partition coefficient (Wildman–Crippen LogP) is 26.7. The van der Waals surface area contributed by atoms with Crippen LogP contribution in [0, 0.1) is 22.7 Å². The van der Waals surface area contributed by atoms with E-state index in [0.29, 0.717) is 11.1 Å². The third-order valence-electron chi connectivity index (χ3n) is 23.2. The summed E-state index contributed by atoms with van der Waals surface area (Å²) in [7, 11) is -0.403. The van der Waals surface area contributed by atoms with Crippen LogP contribution in [-0.2, 0) is 20.1 Å². The Bertz CT molecular complexity index is 6300. The molecule has 0 spiro atoms. The van der Waals surface area contributed by atoms with Crippen LogP contribution in [0.3, 0.4) is 0 Å². The number of benzene rings is 16. The number of hydrogen-bond acceptors (Lipinski definition) is 4. The van der Waals surface area contributed by atoms with E-state index in [-0.39, 0.29) is 22.0 Å². The molecule has 1 heterocycles. The Balaban J connectivity index is 0.000000126. The van der Waals surface area contributed by atoms with Crippen LogP contribution in [0.2, 0.25) is 5.02 Å². The highest BCUT2D eigenvalue weighted by atomic mass is 35.5. The SMILES string of the molecule is CC1(C)OB(c2ccc3c(-c4ccccc4)c4ccccc4c(-c4ccccc4)c3c2)OC1(C)C.CC1(C)c2cc(C#N)ccc2-c2ccc(-c3ccc(-c4ccc5c(-c6ccccc6)c6ccccc6c(-c6ccccc6)c5c4)cc3)cc21.CC1(C)c2cc(C#N)ccc2-c2ccc(-c3ccc(Cl)cc3)cc21. The molecule has 19 rings (SSSR count). The van der Waals surface area contributed by atoms with Gasteiger partial charge in [0.05, 0.1) is 34.5 Å². The number of rotatable bonds is 8. The lowest BCUT2D eigenvalue weighted by Crippen LogP contribution is -2.41. The summed E-state index contributed by atoms with van der Waals surface area (Å²) in [6.45, 7) is 17.4. The van der Waals surface area contributed by atoms with Gasteiger partial charge in [-0.15, -0.1) is 0 Å². The molecule has 0 aromatic heterocycles. The van der Waals surface area contributed by atoms with Gasteiger partial charge in [0.25, 0.3) is 0 Å². The average Bonchev–Trinajstić information content (AvgIpc) is 1.72. The van der Waals surface area contributed by atoms with Gasteiger partial charge in [0.15, 0.2) is 0 Å². The Morgan fingerprint density at radius 2 is 0.537 bits per heavy atom. The van der Waals surface area contributed by atoms with E-state index in [4.69, 9.17) is 20.9 Å². The van der Waals surface area contributed by atoms with Crippen LogP contribution in [0.1, 0.15) is 88.8 Å². The highest BCUT2D eigenvalue weighted by molar-refractivity contribution is 6.62. The standard InChI is InChI=1S/C48H33N.C32H29BO2.C22H16ClN/c1-48(2)44-27-31(30-49)17-24-38(44)39-25-22-37(29-45(39)48)33-20-18-32(19-21-33)36-23-26-42-43(28-36)47(35-13-7-4-8-14-35)41-16-10-9-15-40(41)46(42)34-11-5-3-6-12-34;1-31(2)32(3,4)35-33(34-31)24-19-20-27-28(21-24)30(23-15-9-6-10-16-23)26-18-12-11-17-25(26)29(27)22-13-7-5-8-14-22;1-22(2)20-11-14(13-24)3-9-18(20)19-10-6-16(12-21(19)22)15-4-7-17(23)8-5-15/h3-29H,1-2H3;5-21H,1-4H3;3-12H,1-2H3. The van der Waals surface area contributed by atoms with Gasteiger partial charge in [0.1, 0.15) is 0 Å². The van der Waals surface area contributed by atoms with Crippen LogP contribution in [0.25, 0.3) is 143 Å². The van der Waals surface area contributed by atoms with E-state index >= 15 is 0 Å². The van der Waals surface area contributed by atoms with Crippen molar-refractivity contribution in [1.29, 1.82) is 10.5 Å². The molecule has 518 valence electrons. The van der Waals surface area contributed by atoms with Crippen molar-refractivity contribution in [3.05, 3.63) is 366 Å². The smallest absolute Gasteiger partial charge is 0.399 e. The first kappa shape index (κ1) is 68.9. The van der Waals surface area contributed by atoms with Gasteiger partial charge >= 0.3 is 7.12 Å². The van der Waals surface area contributed by atoms with Crippen molar-refractivity contribution in [3.8, 4) is 112 Å². The summed E-state index contributed by atoms with van der Waals surface area (Å²) in [6.07, 6.45) is 0. The molecule has 0 atom stereocenters. The van der Waals surface area contributed by atoms with Crippen LogP contribution in [0.15, 0.2) is 328 Å². The van der Waals surface area contributed by atoms with Gasteiger partial charge in [-0.05, 0) is 253 Å². The first-order valence-electron chi connectivity index (χ1n) is 37.2. The number of fused-ring (bicyclic) bond motifs is 10. The molecule has 108 heavy (non-hydrogen) atoms. The van der Waals surface area contributed by atoms with Crippen molar-refractivity contribution in [1.82, 2.24) is 0 Å². The Kier molecular flexibility index (Phi) is 17.4. The van der Waals surface area contributed by atoms with Gasteiger partial charge in [-0.25, -0.2) is 0 Å². The lowest BCUT2D eigenvalue weighted by Gasteiger charge is -2.32. The van der Waals surface area contributed by atoms with Crippen LogP contribution < -0.4 is 5.46 Å². The molecule has 1 fully saturated rings. The monoisotopic (exact) mass is 1410 g/mol. The zero-order valence-electron chi connectivity index (χ0n) is 61.8. The van der Waals surface area contributed by atoms with Crippen LogP contribution in [0.4, 0.5) is 0 Å². The molecule has 6 heteroatoms. The second-order valence-corrected chi connectivity index (χ2v) is 31.2. The highest BCUT2D eigenvalue weighted by Gasteiger charge is 2.52. The molecular weight excluding hydrogens is 1330 g/mol. The quantitative estimate of drug-likeness (QED) is 0.112. The van der Waals surface area contributed by atoms with Crippen molar-refractivity contribution >= 4 is 67.3 Å². The summed E-state index contributed by atoms with van der Waals surface area (Å²) >= 11 is 6.00. The van der Waals surface area contributed by atoms with Crippen molar-refractivity contribution in [2.45, 2.75) is 77.4 Å². The summed E-state index contributed by atoms with van der Waals surface area (Å²) < 4.78 is 12.8. The fourth-order valence-electron chi connectivity index (χ4n) is 16.8. The summed E-state index contributed by atoms with van der Waals surface area (Å²) in [4.78, 5) is 0. The topological polar surface area (TPSA) is 66.0 Å². The minimum atomic E-state index is -0.403. The van der Waals surface area contributed by atoms with E-state index in [0.717, 1.165) is 16.0 Å². The first-order chi connectivity index (χ1) is 52.4. The number of nitriles is 2. The van der Waals surface area contributed by atoms with Gasteiger partial charge in [0.2, 0.25) is 0 Å². The molecule has 2 aliphatic carbocycles. The molecule has 0 saturated carbocycles. The maximum atomic E-state index is 9.52. The fourth-order valence-corrected chi connectivity index (χ4v) is 16.9. The zero-order valence-corrected chi connectivity index (χ0v) is 62.6. The number of nitrogens with zero attached hydrogens (tertiary/aromatic N) is 2. The van der Waals surface area contributed by atoms with Gasteiger partial charge in [0, 0.05) is 15.9 Å². The second kappa shape index (κ2) is 27.3. The summed E-state index contributed by atoms with van der Waals surface area (Å²) in [6, 6.07) is 121. The Hall–Kier alpha value is -12.2. The first-order valence-corrected chi connectivity index (χ1v) is 37.6. The van der Waals surface area contributed by atoms with Gasteiger partial charge < -0.3 is 9.31 Å². The van der Waals surface area contributed by atoms with Crippen molar-refractivity contribution in [2.24, 2.45) is 0 Å². The molecular formula is C102H78BClN2O2. The van der Waals surface area contributed by atoms with E-state index in [2.05, 4.69) is 353 Å². The largest absolute Gasteiger partial charge is 0.494 e. The van der Waals surface area contributed by atoms with E-state index in [9.17, 15) is 10.5 Å². The molecule has 0 radical (unpaired) electrons. The van der Waals surface area contributed by atoms with E-state index in [1.54, 1.807) is 0 Å². The Labute approximate surface area is 638 Å². The minimum Gasteiger partial charge on any atom is -0.399 e. The normalized spacial score (nSPS) is 14.3. The molecule has 0 unspecified atom stereocenters. The predicted molar refractivity (Wildman–Crippen MR) is 453 cm³/mol. The van der Waals surface area contributed by atoms with Crippen LogP contribution >= 0.6 is 11.6 Å². The Morgan fingerprint density at radius 1 is 0.259 bits per heavy atom. The summed E-state index contributed by atoms with van der Waals surface area (Å²) in [5, 5.41) is 29.5. The average molecular weight is 1410 g/mol. The molecule has 1 saturated heterocycles. The minimum absolute atomic E-state index is 0.111. The summed E-state index contributed by atoms with van der Waals surface area (Å²) in [5.74, 6) is 0. The Morgan fingerprint density at radius 3 is 0.907 bits per heavy atom. The number of halogens is 1.